The number of aromatic amines is 1. The molecule has 23 heavy (non-hydrogen) atoms. The van der Waals surface area contributed by atoms with Gasteiger partial charge in [0, 0.05) is 6.04 Å². The van der Waals surface area contributed by atoms with Crippen molar-refractivity contribution in [2.75, 3.05) is 13.2 Å². The zero-order chi connectivity index (χ0) is 15.5. The number of rotatable bonds is 5. The zero-order valence-corrected chi connectivity index (χ0v) is 12.8. The molecule has 4 rings (SSSR count). The van der Waals surface area contributed by atoms with E-state index in [1.165, 1.54) is 12.8 Å². The Bertz CT molecular complexity index is 743. The number of imidazole rings is 1. The van der Waals surface area contributed by atoms with Gasteiger partial charge in [-0.1, -0.05) is 12.1 Å². The number of fused-ring (bicyclic) bond motifs is 1. The molecule has 1 saturated heterocycles. The lowest BCUT2D eigenvalue weighted by atomic mass is 10.2. The molecule has 1 unspecified atom stereocenters. The Labute approximate surface area is 134 Å². The number of benzene rings is 2. The van der Waals surface area contributed by atoms with Gasteiger partial charge < -0.3 is 19.8 Å². The minimum atomic E-state index is 0.474. The molecule has 118 valence electrons. The molecule has 3 aromatic rings. The fourth-order valence-corrected chi connectivity index (χ4v) is 2.79. The summed E-state index contributed by atoms with van der Waals surface area (Å²) < 4.78 is 11.6. The first kappa shape index (κ1) is 14.1. The number of para-hydroxylation sites is 2. The lowest BCUT2D eigenvalue weighted by molar-refractivity contribution is 0.277. The van der Waals surface area contributed by atoms with E-state index in [2.05, 4.69) is 15.3 Å². The van der Waals surface area contributed by atoms with Crippen molar-refractivity contribution < 1.29 is 9.47 Å². The molecule has 0 radical (unpaired) electrons. The normalized spacial score (nSPS) is 17.5. The first-order valence-electron chi connectivity index (χ1n) is 7.96. The molecular weight excluding hydrogens is 290 g/mol. The van der Waals surface area contributed by atoms with Gasteiger partial charge in [-0.2, -0.15) is 4.98 Å². The smallest absolute Gasteiger partial charge is 0.300 e. The second-order valence-electron chi connectivity index (χ2n) is 5.74. The predicted molar refractivity (Wildman–Crippen MR) is 89.1 cm³/mol. The van der Waals surface area contributed by atoms with Crippen molar-refractivity contribution in [2.45, 2.75) is 18.9 Å². The number of ether oxygens (including phenoxy) is 2. The van der Waals surface area contributed by atoms with E-state index in [1.807, 2.05) is 48.5 Å². The molecule has 5 heteroatoms. The third kappa shape index (κ3) is 3.29. The van der Waals surface area contributed by atoms with Crippen LogP contribution in [-0.2, 0) is 0 Å². The van der Waals surface area contributed by atoms with Gasteiger partial charge in [-0.3, -0.25) is 0 Å². The maximum Gasteiger partial charge on any atom is 0.300 e. The van der Waals surface area contributed by atoms with E-state index in [4.69, 9.17) is 9.47 Å². The van der Waals surface area contributed by atoms with Crippen molar-refractivity contribution in [2.24, 2.45) is 0 Å². The van der Waals surface area contributed by atoms with Crippen LogP contribution in [0.15, 0.2) is 48.5 Å². The van der Waals surface area contributed by atoms with Crippen molar-refractivity contribution in [1.29, 1.82) is 0 Å². The minimum Gasteiger partial charge on any atom is -0.492 e. The quantitative estimate of drug-likeness (QED) is 0.757. The monoisotopic (exact) mass is 309 g/mol. The minimum absolute atomic E-state index is 0.474. The van der Waals surface area contributed by atoms with Crippen LogP contribution in [0.1, 0.15) is 12.8 Å². The summed E-state index contributed by atoms with van der Waals surface area (Å²) >= 11 is 0. The average Bonchev–Trinajstić information content (AvgIpc) is 3.23. The van der Waals surface area contributed by atoms with Crippen molar-refractivity contribution >= 4 is 11.0 Å². The van der Waals surface area contributed by atoms with Crippen molar-refractivity contribution in [3.05, 3.63) is 48.5 Å². The van der Waals surface area contributed by atoms with E-state index < -0.39 is 0 Å². The molecule has 2 N–H and O–H groups in total. The van der Waals surface area contributed by atoms with Crippen LogP contribution in [0.4, 0.5) is 0 Å². The molecule has 2 heterocycles. The number of hydrogen-bond acceptors (Lipinski definition) is 4. The van der Waals surface area contributed by atoms with Crippen molar-refractivity contribution in [1.82, 2.24) is 15.3 Å². The first-order chi connectivity index (χ1) is 11.4. The van der Waals surface area contributed by atoms with Crippen LogP contribution in [0.25, 0.3) is 11.0 Å². The fourth-order valence-electron chi connectivity index (χ4n) is 2.79. The molecule has 1 fully saturated rings. The molecule has 1 atom stereocenters. The van der Waals surface area contributed by atoms with Crippen molar-refractivity contribution in [3.63, 3.8) is 0 Å². The Morgan fingerprint density at radius 3 is 2.65 bits per heavy atom. The van der Waals surface area contributed by atoms with E-state index in [9.17, 15) is 0 Å². The molecule has 1 aliphatic rings. The first-order valence-corrected chi connectivity index (χ1v) is 7.96. The molecule has 0 bridgehead atoms. The van der Waals surface area contributed by atoms with Gasteiger partial charge in [-0.05, 0) is 55.8 Å². The fraction of sp³-hybridized carbons (Fsp3) is 0.278. The largest absolute Gasteiger partial charge is 0.492 e. The summed E-state index contributed by atoms with van der Waals surface area (Å²) in [5.41, 5.74) is 1.86. The van der Waals surface area contributed by atoms with Crippen LogP contribution < -0.4 is 14.8 Å². The number of aromatic nitrogens is 2. The van der Waals surface area contributed by atoms with Gasteiger partial charge in [-0.25, -0.2) is 0 Å². The molecule has 0 saturated carbocycles. The summed E-state index contributed by atoms with van der Waals surface area (Å²) in [6.07, 6.45) is 2.42. The Morgan fingerprint density at radius 2 is 1.87 bits per heavy atom. The van der Waals surface area contributed by atoms with Crippen LogP contribution in [-0.4, -0.2) is 29.2 Å². The van der Waals surface area contributed by atoms with Gasteiger partial charge in [0.15, 0.2) is 0 Å². The van der Waals surface area contributed by atoms with Crippen LogP contribution in [0.3, 0.4) is 0 Å². The summed E-state index contributed by atoms with van der Waals surface area (Å²) in [7, 11) is 0. The third-order valence-electron chi connectivity index (χ3n) is 4.02. The SMILES string of the molecule is c1ccc2[nH]c(Oc3ccc(OCC4CCCN4)cc3)nc2c1. The summed E-state index contributed by atoms with van der Waals surface area (Å²) in [6.45, 7) is 1.81. The maximum atomic E-state index is 5.80. The lowest BCUT2D eigenvalue weighted by Crippen LogP contribution is -2.28. The van der Waals surface area contributed by atoms with Gasteiger partial charge in [0.1, 0.15) is 18.1 Å². The second kappa shape index (κ2) is 6.30. The number of H-pyrrole nitrogens is 1. The number of nitrogens with one attached hydrogen (secondary N) is 2. The van der Waals surface area contributed by atoms with E-state index in [0.717, 1.165) is 29.1 Å². The maximum absolute atomic E-state index is 5.80. The third-order valence-corrected chi connectivity index (χ3v) is 4.02. The Kier molecular flexibility index (Phi) is 3.86. The Hall–Kier alpha value is -2.53. The summed E-state index contributed by atoms with van der Waals surface area (Å²) in [6, 6.07) is 16.5. The predicted octanol–water partition coefficient (Wildman–Crippen LogP) is 3.49. The van der Waals surface area contributed by atoms with E-state index >= 15 is 0 Å². The topological polar surface area (TPSA) is 59.2 Å². The van der Waals surface area contributed by atoms with Crippen LogP contribution in [0.2, 0.25) is 0 Å². The Balaban J connectivity index is 1.39. The van der Waals surface area contributed by atoms with Gasteiger partial charge in [0.25, 0.3) is 6.01 Å². The molecular formula is C18H19N3O2. The molecule has 1 aromatic heterocycles. The highest BCUT2D eigenvalue weighted by Gasteiger charge is 2.14. The number of hydrogen-bond donors (Lipinski definition) is 2. The van der Waals surface area contributed by atoms with Gasteiger partial charge in [0.2, 0.25) is 0 Å². The molecule has 0 spiro atoms. The summed E-state index contributed by atoms with van der Waals surface area (Å²) in [5.74, 6) is 1.59. The standard InChI is InChI=1S/C18H19N3O2/c1-2-6-17-16(5-1)20-18(21-17)23-15-9-7-14(8-10-15)22-12-13-4-3-11-19-13/h1-2,5-10,13,19H,3-4,11-12H2,(H,20,21). The summed E-state index contributed by atoms with van der Waals surface area (Å²) in [4.78, 5) is 7.55. The lowest BCUT2D eigenvalue weighted by Gasteiger charge is -2.12. The second-order valence-corrected chi connectivity index (χ2v) is 5.74. The zero-order valence-electron chi connectivity index (χ0n) is 12.8. The molecule has 2 aromatic carbocycles. The van der Waals surface area contributed by atoms with Gasteiger partial charge in [-0.15, -0.1) is 0 Å². The van der Waals surface area contributed by atoms with Crippen LogP contribution >= 0.6 is 0 Å². The highest BCUT2D eigenvalue weighted by Crippen LogP contribution is 2.24. The van der Waals surface area contributed by atoms with Crippen molar-refractivity contribution in [3.8, 4) is 17.5 Å². The van der Waals surface area contributed by atoms with Gasteiger partial charge >= 0.3 is 0 Å². The molecule has 5 nitrogen and oxygen atoms in total. The van der Waals surface area contributed by atoms with Gasteiger partial charge in [0.05, 0.1) is 11.0 Å². The molecule has 0 aliphatic carbocycles. The molecule has 0 amide bonds. The highest BCUT2D eigenvalue weighted by atomic mass is 16.5. The Morgan fingerprint density at radius 1 is 1.04 bits per heavy atom. The van der Waals surface area contributed by atoms with E-state index in [-0.39, 0.29) is 0 Å². The average molecular weight is 309 g/mol. The van der Waals surface area contributed by atoms with Crippen LogP contribution in [0.5, 0.6) is 17.5 Å². The van der Waals surface area contributed by atoms with Crippen LogP contribution in [0, 0.1) is 0 Å². The number of nitrogens with zero attached hydrogens (tertiary/aromatic N) is 1. The highest BCUT2D eigenvalue weighted by molar-refractivity contribution is 5.75. The van der Waals surface area contributed by atoms with E-state index in [1.54, 1.807) is 0 Å². The summed E-state index contributed by atoms with van der Waals surface area (Å²) in [5, 5.41) is 3.42. The van der Waals surface area contributed by atoms with E-state index in [0.29, 0.717) is 18.7 Å². The molecule has 1 aliphatic heterocycles.